The van der Waals surface area contributed by atoms with E-state index in [0.29, 0.717) is 5.69 Å². The average molecular weight is 471 g/mol. The van der Waals surface area contributed by atoms with Crippen molar-refractivity contribution in [3.8, 4) is 0 Å². The molecule has 184 valence electrons. The molecule has 0 aromatic carbocycles. The number of rotatable bonds is 14. The number of carboxylic acid groups (broad SMARTS) is 1. The second-order valence-corrected chi connectivity index (χ2v) is 7.26. The van der Waals surface area contributed by atoms with Crippen molar-refractivity contribution in [2.45, 2.75) is 56.5 Å². The number of H-pyrrole nitrogens is 1. The monoisotopic (exact) mass is 471 g/mol. The molecule has 0 aliphatic carbocycles. The maximum Gasteiger partial charge on any atom is 0.328 e. The molecule has 0 saturated carbocycles. The minimum Gasteiger partial charge on any atom is -0.480 e. The Morgan fingerprint density at radius 2 is 1.64 bits per heavy atom. The molecule has 0 aliphatic rings. The molecule has 15 nitrogen and oxygen atoms in total. The summed E-state index contributed by atoms with van der Waals surface area (Å²) >= 11 is 0. The van der Waals surface area contributed by atoms with Gasteiger partial charge in [-0.1, -0.05) is 0 Å². The van der Waals surface area contributed by atoms with Crippen molar-refractivity contribution < 1.29 is 39.3 Å². The van der Waals surface area contributed by atoms with Crippen molar-refractivity contribution in [1.29, 1.82) is 0 Å². The SMILES string of the molecule is CC(O)C(N)C(=O)NC(CCC(N)=O)C(=O)NC(Cc1cnc[nH]1)C(=O)NC(CO)C(=O)O. The standard InChI is InChI=1S/C18H29N7O8/c1-8(27)14(20)17(31)23-10(2-3-13(19)28)15(29)24-11(4-9-5-21-7-22-9)16(30)25-12(6-26)18(32)33/h5,7-8,10-12,14,26-27H,2-4,6,20H2,1H3,(H2,19,28)(H,21,22)(H,23,31)(H,24,29)(H,25,30)(H,32,33). The summed E-state index contributed by atoms with van der Waals surface area (Å²) in [6.45, 7) is 0.383. The number of carbonyl (C=O) groups is 5. The molecule has 0 saturated heterocycles. The number of aliphatic hydroxyl groups excluding tert-OH is 2. The molecule has 0 bridgehead atoms. The van der Waals surface area contributed by atoms with Crippen LogP contribution in [0, 0.1) is 0 Å². The molecular formula is C18H29N7O8. The fourth-order valence-electron chi connectivity index (χ4n) is 2.60. The van der Waals surface area contributed by atoms with Crippen LogP contribution in [0.15, 0.2) is 12.5 Å². The van der Waals surface area contributed by atoms with Gasteiger partial charge in [0.25, 0.3) is 0 Å². The number of aromatic nitrogens is 2. The third kappa shape index (κ3) is 9.22. The van der Waals surface area contributed by atoms with Gasteiger partial charge in [0.1, 0.15) is 24.2 Å². The van der Waals surface area contributed by atoms with Gasteiger partial charge in [-0.3, -0.25) is 19.2 Å². The van der Waals surface area contributed by atoms with E-state index in [4.69, 9.17) is 21.7 Å². The van der Waals surface area contributed by atoms with Crippen LogP contribution in [-0.2, 0) is 30.4 Å². The van der Waals surface area contributed by atoms with Crippen LogP contribution in [0.25, 0.3) is 0 Å². The number of primary amides is 1. The molecule has 0 aliphatic heterocycles. The molecule has 1 heterocycles. The number of hydrogen-bond donors (Lipinski definition) is 9. The number of carbonyl (C=O) groups excluding carboxylic acids is 4. The van der Waals surface area contributed by atoms with Crippen LogP contribution in [0.2, 0.25) is 0 Å². The highest BCUT2D eigenvalue weighted by atomic mass is 16.4. The van der Waals surface area contributed by atoms with Crippen molar-refractivity contribution in [2.24, 2.45) is 11.5 Å². The maximum absolute atomic E-state index is 12.9. The molecule has 0 radical (unpaired) electrons. The largest absolute Gasteiger partial charge is 0.480 e. The Morgan fingerprint density at radius 3 is 2.12 bits per heavy atom. The molecular weight excluding hydrogens is 442 g/mol. The minimum atomic E-state index is -1.62. The first-order chi connectivity index (χ1) is 15.5. The molecule has 15 heteroatoms. The van der Waals surface area contributed by atoms with E-state index in [0.717, 1.165) is 0 Å². The van der Waals surface area contributed by atoms with E-state index in [1.807, 2.05) is 0 Å². The number of imidazole rings is 1. The molecule has 5 atom stereocenters. The summed E-state index contributed by atoms with van der Waals surface area (Å²) in [5, 5.41) is 34.4. The predicted octanol–water partition coefficient (Wildman–Crippen LogP) is -4.54. The first-order valence-electron chi connectivity index (χ1n) is 9.90. The van der Waals surface area contributed by atoms with Crippen LogP contribution >= 0.6 is 0 Å². The van der Waals surface area contributed by atoms with Crippen molar-refractivity contribution in [3.05, 3.63) is 18.2 Å². The van der Waals surface area contributed by atoms with E-state index in [9.17, 15) is 29.1 Å². The average Bonchev–Trinajstić information content (AvgIpc) is 3.25. The summed E-state index contributed by atoms with van der Waals surface area (Å²) in [6.07, 6.45) is 0.820. The molecule has 1 rings (SSSR count). The number of amides is 4. The van der Waals surface area contributed by atoms with Crippen LogP contribution in [0.3, 0.4) is 0 Å². The second-order valence-electron chi connectivity index (χ2n) is 7.26. The van der Waals surface area contributed by atoms with Crippen LogP contribution in [0.5, 0.6) is 0 Å². The number of aliphatic hydroxyl groups is 2. The number of hydrogen-bond acceptors (Lipinski definition) is 9. The zero-order valence-electron chi connectivity index (χ0n) is 17.9. The maximum atomic E-state index is 12.9. The Kier molecular flexibility index (Phi) is 10.9. The Bertz CT molecular complexity index is 830. The van der Waals surface area contributed by atoms with Crippen LogP contribution < -0.4 is 27.4 Å². The minimum absolute atomic E-state index is 0.140. The lowest BCUT2D eigenvalue weighted by molar-refractivity contribution is -0.143. The summed E-state index contributed by atoms with van der Waals surface area (Å²) in [4.78, 5) is 66.5. The molecule has 5 unspecified atom stereocenters. The lowest BCUT2D eigenvalue weighted by Gasteiger charge is -2.25. The topological polar surface area (TPSA) is 263 Å². The zero-order chi connectivity index (χ0) is 25.1. The van der Waals surface area contributed by atoms with Crippen molar-refractivity contribution in [3.63, 3.8) is 0 Å². The molecule has 0 fully saturated rings. The van der Waals surface area contributed by atoms with Crippen LogP contribution in [-0.4, -0.2) is 91.8 Å². The molecule has 0 spiro atoms. The fourth-order valence-corrected chi connectivity index (χ4v) is 2.60. The van der Waals surface area contributed by atoms with Gasteiger partial charge in [0.15, 0.2) is 0 Å². The highest BCUT2D eigenvalue weighted by Gasteiger charge is 2.31. The predicted molar refractivity (Wildman–Crippen MR) is 111 cm³/mol. The Labute approximate surface area is 188 Å². The Hall–Kier alpha value is -3.56. The number of nitrogens with zero attached hydrogens (tertiary/aromatic N) is 1. The van der Waals surface area contributed by atoms with Gasteiger partial charge in [-0.2, -0.15) is 0 Å². The summed E-state index contributed by atoms with van der Waals surface area (Å²) < 4.78 is 0. The number of aromatic amines is 1. The van der Waals surface area contributed by atoms with Gasteiger partial charge in [-0.05, 0) is 13.3 Å². The lowest BCUT2D eigenvalue weighted by Crippen LogP contribution is -2.58. The van der Waals surface area contributed by atoms with Gasteiger partial charge in [0, 0.05) is 24.7 Å². The summed E-state index contributed by atoms with van der Waals surface area (Å²) in [7, 11) is 0. The molecule has 1 aromatic rings. The van der Waals surface area contributed by atoms with E-state index >= 15 is 0 Å². The molecule has 33 heavy (non-hydrogen) atoms. The van der Waals surface area contributed by atoms with Crippen molar-refractivity contribution in [2.75, 3.05) is 6.61 Å². The van der Waals surface area contributed by atoms with E-state index in [-0.39, 0.29) is 19.3 Å². The summed E-state index contributed by atoms with van der Waals surface area (Å²) in [5.41, 5.74) is 11.1. The quantitative estimate of drug-likeness (QED) is 0.125. The molecule has 4 amide bonds. The highest BCUT2D eigenvalue weighted by Crippen LogP contribution is 2.04. The van der Waals surface area contributed by atoms with Gasteiger partial charge >= 0.3 is 5.97 Å². The van der Waals surface area contributed by atoms with Crippen LogP contribution in [0.4, 0.5) is 0 Å². The smallest absolute Gasteiger partial charge is 0.328 e. The molecule has 1 aromatic heterocycles. The first-order valence-corrected chi connectivity index (χ1v) is 9.90. The van der Waals surface area contributed by atoms with Gasteiger partial charge in [0.05, 0.1) is 19.0 Å². The van der Waals surface area contributed by atoms with Gasteiger partial charge < -0.3 is 47.7 Å². The van der Waals surface area contributed by atoms with E-state index in [2.05, 4.69) is 25.9 Å². The highest BCUT2D eigenvalue weighted by molar-refractivity contribution is 5.94. The number of nitrogens with one attached hydrogen (secondary N) is 4. The van der Waals surface area contributed by atoms with Crippen molar-refractivity contribution in [1.82, 2.24) is 25.9 Å². The van der Waals surface area contributed by atoms with Gasteiger partial charge in [-0.15, -0.1) is 0 Å². The van der Waals surface area contributed by atoms with E-state index in [1.165, 1.54) is 19.4 Å². The third-order valence-corrected chi connectivity index (χ3v) is 4.54. The van der Waals surface area contributed by atoms with E-state index in [1.54, 1.807) is 0 Å². The van der Waals surface area contributed by atoms with Gasteiger partial charge in [-0.25, -0.2) is 9.78 Å². The van der Waals surface area contributed by atoms with Crippen molar-refractivity contribution >= 4 is 29.6 Å². The lowest BCUT2D eigenvalue weighted by atomic mass is 10.1. The first kappa shape index (κ1) is 27.5. The third-order valence-electron chi connectivity index (χ3n) is 4.54. The number of aliphatic carboxylic acids is 1. The zero-order valence-corrected chi connectivity index (χ0v) is 17.9. The fraction of sp³-hybridized carbons (Fsp3) is 0.556. The van der Waals surface area contributed by atoms with Crippen LogP contribution in [0.1, 0.15) is 25.5 Å². The number of carboxylic acids is 1. The van der Waals surface area contributed by atoms with Gasteiger partial charge in [0.2, 0.25) is 23.6 Å². The second kappa shape index (κ2) is 13.1. The normalized spacial score (nSPS) is 15.4. The Morgan fingerprint density at radius 1 is 1.06 bits per heavy atom. The van der Waals surface area contributed by atoms with E-state index < -0.39 is 66.5 Å². The number of nitrogens with two attached hydrogens (primary N) is 2. The molecule has 11 N–H and O–H groups in total. The summed E-state index contributed by atoms with van der Waals surface area (Å²) in [5.74, 6) is -4.94. The summed E-state index contributed by atoms with van der Waals surface area (Å²) in [6, 6.07) is -5.67. The Balaban J connectivity index is 3.05.